The van der Waals surface area contributed by atoms with Crippen LogP contribution in [0.15, 0.2) is 65.6 Å². The largest absolute Gasteiger partial charge is 0.329 e. The van der Waals surface area contributed by atoms with Gasteiger partial charge in [-0.05, 0) is 30.7 Å². The molecule has 0 aliphatic carbocycles. The number of hydrogen-bond donors (Lipinski definition) is 1. The lowest BCUT2D eigenvalue weighted by molar-refractivity contribution is -0.897. The lowest BCUT2D eigenvalue weighted by atomic mass is 10.2. The number of aryl methyl sites for hydroxylation is 1. The molecule has 0 saturated carbocycles. The van der Waals surface area contributed by atoms with E-state index < -0.39 is 10.0 Å². The first kappa shape index (κ1) is 17.9. The van der Waals surface area contributed by atoms with Crippen molar-refractivity contribution in [2.24, 2.45) is 0 Å². The molecular weight excluding hydrogens is 332 g/mol. The van der Waals surface area contributed by atoms with Gasteiger partial charge in [0.2, 0.25) is 10.0 Å². The van der Waals surface area contributed by atoms with Crippen molar-refractivity contribution in [3.8, 4) is 0 Å². The highest BCUT2D eigenvalue weighted by atomic mass is 32.2. The smallest absolute Gasteiger partial charge is 0.243 e. The van der Waals surface area contributed by atoms with Gasteiger partial charge in [0.15, 0.2) is 0 Å². The molecule has 0 radical (unpaired) electrons. The minimum Gasteiger partial charge on any atom is -0.329 e. The Hall–Kier alpha value is -1.95. The zero-order chi connectivity index (χ0) is 17.7. The van der Waals surface area contributed by atoms with Gasteiger partial charge in [0.1, 0.15) is 0 Å². The van der Waals surface area contributed by atoms with Crippen molar-refractivity contribution in [3.05, 3.63) is 71.8 Å². The van der Waals surface area contributed by atoms with E-state index in [1.807, 2.05) is 37.3 Å². The van der Waals surface area contributed by atoms with Gasteiger partial charge in [0.25, 0.3) is 0 Å². The number of rotatable bonds is 5. The third kappa shape index (κ3) is 4.57. The number of nitrogens with one attached hydrogen (secondary N) is 1. The topological polar surface area (TPSA) is 41.8 Å². The van der Waals surface area contributed by atoms with E-state index in [2.05, 4.69) is 24.3 Å². The van der Waals surface area contributed by atoms with Crippen molar-refractivity contribution in [1.82, 2.24) is 4.31 Å². The molecule has 1 saturated heterocycles. The van der Waals surface area contributed by atoms with Crippen molar-refractivity contribution in [3.63, 3.8) is 0 Å². The maximum absolute atomic E-state index is 12.7. The molecule has 132 valence electrons. The van der Waals surface area contributed by atoms with E-state index in [0.717, 1.165) is 25.2 Å². The standard InChI is InChI=1S/C20H24N2O2S/c1-18-9-11-20(12-10-18)25(23,24)22-16-14-21(15-17-22)13-5-8-19-6-3-2-4-7-19/h2-12H,13-17H2,1H3/p+1/b8-5+. The molecule has 0 amide bonds. The van der Waals surface area contributed by atoms with Crippen LogP contribution in [-0.4, -0.2) is 45.4 Å². The molecule has 1 heterocycles. The average Bonchev–Trinajstić information content (AvgIpc) is 2.63. The quantitative estimate of drug-likeness (QED) is 0.883. The van der Waals surface area contributed by atoms with Crippen molar-refractivity contribution in [1.29, 1.82) is 0 Å². The second-order valence-corrected chi connectivity index (χ2v) is 8.42. The second-order valence-electron chi connectivity index (χ2n) is 6.48. The number of piperazine rings is 1. The summed E-state index contributed by atoms with van der Waals surface area (Å²) in [6.07, 6.45) is 4.30. The number of nitrogens with zero attached hydrogens (tertiary/aromatic N) is 1. The highest BCUT2D eigenvalue weighted by molar-refractivity contribution is 7.89. The Bertz CT molecular complexity index is 807. The van der Waals surface area contributed by atoms with Crippen molar-refractivity contribution >= 4 is 16.1 Å². The number of hydrogen-bond acceptors (Lipinski definition) is 2. The third-order valence-electron chi connectivity index (χ3n) is 4.60. The normalized spacial score (nSPS) is 17.2. The molecule has 5 heteroatoms. The van der Waals surface area contributed by atoms with Crippen molar-refractivity contribution in [2.75, 3.05) is 32.7 Å². The minimum atomic E-state index is -3.36. The fraction of sp³-hybridized carbons (Fsp3) is 0.300. The maximum Gasteiger partial charge on any atom is 0.243 e. The molecule has 1 aliphatic heterocycles. The predicted octanol–water partition coefficient (Wildman–Crippen LogP) is 1.60. The first-order valence-electron chi connectivity index (χ1n) is 8.68. The van der Waals surface area contributed by atoms with Crippen LogP contribution in [0.2, 0.25) is 0 Å². The summed E-state index contributed by atoms with van der Waals surface area (Å²) in [6.45, 7) is 5.71. The molecule has 2 aromatic rings. The Balaban J connectivity index is 1.54. The van der Waals surface area contributed by atoms with E-state index in [0.29, 0.717) is 18.0 Å². The summed E-state index contributed by atoms with van der Waals surface area (Å²) in [5.41, 5.74) is 2.26. The summed E-state index contributed by atoms with van der Waals surface area (Å²) in [5.74, 6) is 0. The van der Waals surface area contributed by atoms with Gasteiger partial charge in [-0.3, -0.25) is 0 Å². The third-order valence-corrected chi connectivity index (χ3v) is 6.52. The summed E-state index contributed by atoms with van der Waals surface area (Å²) >= 11 is 0. The Kier molecular flexibility index (Phi) is 5.68. The monoisotopic (exact) mass is 357 g/mol. The van der Waals surface area contributed by atoms with Gasteiger partial charge < -0.3 is 4.90 Å². The van der Waals surface area contributed by atoms with Crippen LogP contribution in [0.4, 0.5) is 0 Å². The van der Waals surface area contributed by atoms with Crippen LogP contribution in [0, 0.1) is 6.92 Å². The summed E-state index contributed by atoms with van der Waals surface area (Å²) in [4.78, 5) is 1.81. The van der Waals surface area contributed by atoms with Gasteiger partial charge in [-0.25, -0.2) is 8.42 Å². The van der Waals surface area contributed by atoms with Gasteiger partial charge in [-0.15, -0.1) is 0 Å². The van der Waals surface area contributed by atoms with Gasteiger partial charge in [0, 0.05) is 0 Å². The Morgan fingerprint density at radius 2 is 1.64 bits per heavy atom. The number of sulfonamides is 1. The van der Waals surface area contributed by atoms with Gasteiger partial charge >= 0.3 is 0 Å². The molecular formula is C20H25N2O2S+. The molecule has 3 rings (SSSR count). The number of quaternary nitrogens is 1. The van der Waals surface area contributed by atoms with Crippen LogP contribution in [0.5, 0.6) is 0 Å². The molecule has 1 fully saturated rings. The van der Waals surface area contributed by atoms with E-state index in [1.54, 1.807) is 16.4 Å². The highest BCUT2D eigenvalue weighted by Gasteiger charge is 2.29. The second kappa shape index (κ2) is 7.95. The van der Waals surface area contributed by atoms with Crippen LogP contribution in [0.25, 0.3) is 6.08 Å². The van der Waals surface area contributed by atoms with Crippen molar-refractivity contribution < 1.29 is 13.3 Å². The van der Waals surface area contributed by atoms with Crippen molar-refractivity contribution in [2.45, 2.75) is 11.8 Å². The van der Waals surface area contributed by atoms with Gasteiger partial charge in [-0.2, -0.15) is 4.31 Å². The maximum atomic E-state index is 12.7. The summed E-state index contributed by atoms with van der Waals surface area (Å²) in [7, 11) is -3.36. The zero-order valence-corrected chi connectivity index (χ0v) is 15.4. The van der Waals surface area contributed by atoms with E-state index >= 15 is 0 Å². The van der Waals surface area contributed by atoms with Crippen LogP contribution in [0.3, 0.4) is 0 Å². The van der Waals surface area contributed by atoms with E-state index in [-0.39, 0.29) is 0 Å². The molecule has 0 bridgehead atoms. The zero-order valence-electron chi connectivity index (χ0n) is 14.6. The first-order valence-corrected chi connectivity index (χ1v) is 10.1. The molecule has 4 nitrogen and oxygen atoms in total. The lowest BCUT2D eigenvalue weighted by Crippen LogP contribution is -3.14. The van der Waals surface area contributed by atoms with Crippen LogP contribution < -0.4 is 4.90 Å². The van der Waals surface area contributed by atoms with Crippen LogP contribution in [0.1, 0.15) is 11.1 Å². The molecule has 0 unspecified atom stereocenters. The predicted molar refractivity (Wildman–Crippen MR) is 101 cm³/mol. The molecule has 0 atom stereocenters. The summed E-state index contributed by atoms with van der Waals surface area (Å²) in [6, 6.07) is 17.3. The summed E-state index contributed by atoms with van der Waals surface area (Å²) in [5, 5.41) is 0. The van der Waals surface area contributed by atoms with E-state index in [9.17, 15) is 8.42 Å². The van der Waals surface area contributed by atoms with Crippen LogP contribution >= 0.6 is 0 Å². The van der Waals surface area contributed by atoms with E-state index in [1.165, 1.54) is 10.5 Å². The fourth-order valence-electron chi connectivity index (χ4n) is 3.03. The molecule has 1 aliphatic rings. The van der Waals surface area contributed by atoms with Gasteiger partial charge in [-0.1, -0.05) is 54.1 Å². The van der Waals surface area contributed by atoms with E-state index in [4.69, 9.17) is 0 Å². The Morgan fingerprint density at radius 1 is 1.00 bits per heavy atom. The minimum absolute atomic E-state index is 0.394. The number of benzene rings is 2. The molecule has 0 aromatic heterocycles. The fourth-order valence-corrected chi connectivity index (χ4v) is 4.47. The first-order chi connectivity index (χ1) is 12.1. The molecule has 25 heavy (non-hydrogen) atoms. The molecule has 2 aromatic carbocycles. The highest BCUT2D eigenvalue weighted by Crippen LogP contribution is 2.16. The lowest BCUT2D eigenvalue weighted by Gasteiger charge is -2.31. The SMILES string of the molecule is Cc1ccc(S(=O)(=O)N2CC[NH+](C/C=C/c3ccccc3)CC2)cc1. The molecule has 0 spiro atoms. The Labute approximate surface area is 150 Å². The Morgan fingerprint density at radius 3 is 2.28 bits per heavy atom. The van der Waals surface area contributed by atoms with Gasteiger partial charge in [0.05, 0.1) is 37.6 Å². The van der Waals surface area contributed by atoms with Crippen LogP contribution in [-0.2, 0) is 10.0 Å². The molecule has 1 N–H and O–H groups in total. The average molecular weight is 357 g/mol. The summed E-state index contributed by atoms with van der Waals surface area (Å²) < 4.78 is 27.0.